The molecule has 1 saturated heterocycles. The summed E-state index contributed by atoms with van der Waals surface area (Å²) < 4.78 is 21.8. The summed E-state index contributed by atoms with van der Waals surface area (Å²) in [6.45, 7) is 8.88. The van der Waals surface area contributed by atoms with Crippen molar-refractivity contribution < 1.29 is 48.3 Å². The zero-order valence-electron chi connectivity index (χ0n) is 21.5. The smallest absolute Gasteiger partial charge is 0.337 e. The van der Waals surface area contributed by atoms with Gasteiger partial charge in [0.25, 0.3) is 0 Å². The Morgan fingerprint density at radius 2 is 1.78 bits per heavy atom. The van der Waals surface area contributed by atoms with Gasteiger partial charge in [-0.1, -0.05) is 18.2 Å². The van der Waals surface area contributed by atoms with Crippen molar-refractivity contribution in [3.63, 3.8) is 0 Å². The molecule has 0 aromatic rings. The van der Waals surface area contributed by atoms with Crippen LogP contribution in [0.2, 0.25) is 0 Å². The Hall–Kier alpha value is -3.50. The molecular formula is C27H34O10. The van der Waals surface area contributed by atoms with Crippen LogP contribution in [-0.2, 0) is 38.1 Å². The molecule has 10 heteroatoms. The first-order valence-electron chi connectivity index (χ1n) is 11.8. The predicted molar refractivity (Wildman–Crippen MR) is 132 cm³/mol. The lowest BCUT2D eigenvalue weighted by Gasteiger charge is -2.28. The average Bonchev–Trinajstić information content (AvgIpc) is 3.10. The Balaban J connectivity index is 2.33. The summed E-state index contributed by atoms with van der Waals surface area (Å²) in [5, 5.41) is 18.3. The highest BCUT2D eigenvalue weighted by atomic mass is 16.6. The summed E-state index contributed by atoms with van der Waals surface area (Å²) in [6.07, 6.45) is 4.36. The van der Waals surface area contributed by atoms with E-state index in [-0.39, 0.29) is 29.7 Å². The lowest BCUT2D eigenvalue weighted by molar-refractivity contribution is -0.149. The Morgan fingerprint density at radius 3 is 2.41 bits per heavy atom. The molecule has 2 aliphatic rings. The monoisotopic (exact) mass is 518 g/mol. The number of hydrogen-bond donors (Lipinski definition) is 2. The van der Waals surface area contributed by atoms with Crippen molar-refractivity contribution in [2.24, 2.45) is 5.92 Å². The van der Waals surface area contributed by atoms with Gasteiger partial charge in [-0.15, -0.1) is 0 Å². The highest BCUT2D eigenvalue weighted by Crippen LogP contribution is 2.36. The summed E-state index contributed by atoms with van der Waals surface area (Å²) >= 11 is 0. The largest absolute Gasteiger partial charge is 0.458 e. The standard InChI is InChI=1S/C27H34O10/c1-15-6-7-21(35-19(5)30)17(3)13-23-24(18(4)26(32)36-23)22(12-15)37-27(33)20(9-11-29)14-34-25(31)16(2)8-10-28/h6,8-9,13,21-24,28-29H,4,7,10-12,14H2,1-3,5H3/b15-6+,16-8+,17-13-,20-9+/t21-,22-,23+,24+/m1/s1. The average molecular weight is 519 g/mol. The normalized spacial score (nSPS) is 27.6. The molecule has 2 rings (SSSR count). The molecule has 1 aliphatic carbocycles. The number of fused-ring (bicyclic) bond motifs is 1. The molecule has 202 valence electrons. The molecule has 1 heterocycles. The fraction of sp³-hybridized carbons (Fsp3) is 0.481. The highest BCUT2D eigenvalue weighted by Gasteiger charge is 2.45. The number of carbonyl (C=O) groups is 4. The summed E-state index contributed by atoms with van der Waals surface area (Å²) in [5.41, 5.74) is 1.68. The van der Waals surface area contributed by atoms with Gasteiger partial charge < -0.3 is 29.2 Å². The van der Waals surface area contributed by atoms with Crippen LogP contribution in [0.5, 0.6) is 0 Å². The topological polar surface area (TPSA) is 146 Å². The van der Waals surface area contributed by atoms with Crippen LogP contribution in [0.4, 0.5) is 0 Å². The Bertz CT molecular complexity index is 1050. The maximum atomic E-state index is 13.1. The maximum Gasteiger partial charge on any atom is 0.337 e. The molecule has 1 fully saturated rings. The Labute approximate surface area is 215 Å². The number of carbonyl (C=O) groups excluding carboxylic acids is 4. The van der Waals surface area contributed by atoms with E-state index >= 15 is 0 Å². The lowest BCUT2D eigenvalue weighted by Crippen LogP contribution is -2.35. The molecule has 2 N–H and O–H groups in total. The fourth-order valence-corrected chi connectivity index (χ4v) is 4.03. The van der Waals surface area contributed by atoms with Gasteiger partial charge in [-0.3, -0.25) is 4.79 Å². The first kappa shape index (κ1) is 29.7. The SMILES string of the molecule is C=C1C(=O)O[C@H]2/C=C(/C)[C@H](OC(C)=O)C/C=C(\C)C[C@@H](OC(=O)/C(=C/CO)COC(=O)/C(C)=C/CO)[C@H]12. The Morgan fingerprint density at radius 1 is 1.11 bits per heavy atom. The van der Waals surface area contributed by atoms with Crippen LogP contribution in [0.25, 0.3) is 0 Å². The number of ether oxygens (including phenoxy) is 4. The van der Waals surface area contributed by atoms with Crippen LogP contribution in [0.3, 0.4) is 0 Å². The van der Waals surface area contributed by atoms with E-state index in [9.17, 15) is 24.3 Å². The van der Waals surface area contributed by atoms with E-state index in [1.807, 2.05) is 13.0 Å². The molecule has 0 radical (unpaired) electrons. The summed E-state index contributed by atoms with van der Waals surface area (Å²) in [4.78, 5) is 49.2. The van der Waals surface area contributed by atoms with Crippen LogP contribution < -0.4 is 0 Å². The van der Waals surface area contributed by atoms with Gasteiger partial charge in [0.1, 0.15) is 24.9 Å². The van der Waals surface area contributed by atoms with Crippen LogP contribution in [0.15, 0.2) is 58.7 Å². The fourth-order valence-electron chi connectivity index (χ4n) is 4.03. The minimum Gasteiger partial charge on any atom is -0.458 e. The number of aliphatic hydroxyl groups excluding tert-OH is 2. The first-order chi connectivity index (χ1) is 17.5. The number of rotatable bonds is 8. The quantitative estimate of drug-likeness (QED) is 0.212. The van der Waals surface area contributed by atoms with Crippen molar-refractivity contribution in [2.45, 2.75) is 58.8 Å². The van der Waals surface area contributed by atoms with Crippen LogP contribution in [-0.4, -0.2) is 72.2 Å². The van der Waals surface area contributed by atoms with Gasteiger partial charge in [-0.2, -0.15) is 0 Å². The van der Waals surface area contributed by atoms with Crippen molar-refractivity contribution in [3.8, 4) is 0 Å². The summed E-state index contributed by atoms with van der Waals surface area (Å²) in [5.74, 6) is -3.38. The second-order valence-electron chi connectivity index (χ2n) is 8.92. The Kier molecular flexibility index (Phi) is 11.0. The number of aliphatic hydroxyl groups is 2. The molecule has 37 heavy (non-hydrogen) atoms. The lowest BCUT2D eigenvalue weighted by atomic mass is 9.85. The molecule has 1 aliphatic heterocycles. The second-order valence-corrected chi connectivity index (χ2v) is 8.92. The van der Waals surface area contributed by atoms with E-state index in [0.29, 0.717) is 12.0 Å². The first-order valence-corrected chi connectivity index (χ1v) is 11.8. The van der Waals surface area contributed by atoms with Gasteiger partial charge in [-0.05, 0) is 44.6 Å². The minimum absolute atomic E-state index is 0.0968. The summed E-state index contributed by atoms with van der Waals surface area (Å²) in [6, 6.07) is 0. The van der Waals surface area contributed by atoms with E-state index in [1.54, 1.807) is 13.0 Å². The van der Waals surface area contributed by atoms with Gasteiger partial charge >= 0.3 is 23.9 Å². The van der Waals surface area contributed by atoms with E-state index in [0.717, 1.165) is 5.57 Å². The van der Waals surface area contributed by atoms with Gasteiger partial charge in [0.05, 0.1) is 24.7 Å². The molecule has 0 amide bonds. The van der Waals surface area contributed by atoms with Crippen molar-refractivity contribution >= 4 is 23.9 Å². The molecule has 0 unspecified atom stereocenters. The zero-order chi connectivity index (χ0) is 27.7. The third kappa shape index (κ3) is 8.26. The van der Waals surface area contributed by atoms with Crippen molar-refractivity contribution in [2.75, 3.05) is 19.8 Å². The van der Waals surface area contributed by atoms with E-state index in [4.69, 9.17) is 24.1 Å². The number of hydrogen-bond acceptors (Lipinski definition) is 10. The number of esters is 4. The molecule has 0 aromatic carbocycles. The molecular weight excluding hydrogens is 484 g/mol. The molecule has 0 bridgehead atoms. The van der Waals surface area contributed by atoms with E-state index in [1.165, 1.54) is 26.0 Å². The van der Waals surface area contributed by atoms with E-state index < -0.39 is 61.3 Å². The second kappa shape index (κ2) is 13.7. The third-order valence-corrected chi connectivity index (χ3v) is 6.05. The van der Waals surface area contributed by atoms with Crippen LogP contribution in [0.1, 0.15) is 40.5 Å². The van der Waals surface area contributed by atoms with Crippen LogP contribution in [0, 0.1) is 5.92 Å². The van der Waals surface area contributed by atoms with Gasteiger partial charge in [-0.25, -0.2) is 14.4 Å². The van der Waals surface area contributed by atoms with Gasteiger partial charge in [0.2, 0.25) is 0 Å². The molecule has 4 atom stereocenters. The molecule has 0 saturated carbocycles. The predicted octanol–water partition coefficient (Wildman–Crippen LogP) is 2.01. The third-order valence-electron chi connectivity index (χ3n) is 6.05. The van der Waals surface area contributed by atoms with Crippen molar-refractivity contribution in [1.29, 1.82) is 0 Å². The zero-order valence-corrected chi connectivity index (χ0v) is 21.5. The van der Waals surface area contributed by atoms with Crippen molar-refractivity contribution in [3.05, 3.63) is 58.7 Å². The van der Waals surface area contributed by atoms with Gasteiger partial charge in [0.15, 0.2) is 0 Å². The molecule has 0 spiro atoms. The summed E-state index contributed by atoms with van der Waals surface area (Å²) in [7, 11) is 0. The van der Waals surface area contributed by atoms with Crippen molar-refractivity contribution in [1.82, 2.24) is 0 Å². The van der Waals surface area contributed by atoms with E-state index in [2.05, 4.69) is 6.58 Å². The maximum absolute atomic E-state index is 13.1. The van der Waals surface area contributed by atoms with Crippen LogP contribution >= 0.6 is 0 Å². The highest BCUT2D eigenvalue weighted by molar-refractivity contribution is 5.93. The molecule has 0 aromatic heterocycles. The molecule has 10 nitrogen and oxygen atoms in total. The van der Waals surface area contributed by atoms with Gasteiger partial charge in [0, 0.05) is 30.9 Å². The minimum atomic E-state index is -0.865.